The molecule has 0 aromatic heterocycles. The SMILES string of the molecule is CCCCCCCCCCC(C)(C)N.CCCCCCCCCCC(C)(C)N.O. The fourth-order valence-electron chi connectivity index (χ4n) is 3.43. The van der Waals surface area contributed by atoms with E-state index in [0.717, 1.165) is 0 Å². The van der Waals surface area contributed by atoms with E-state index >= 15 is 0 Å². The third kappa shape index (κ3) is 39.0. The Hall–Kier alpha value is -0.120. The minimum atomic E-state index is 0. The summed E-state index contributed by atoms with van der Waals surface area (Å²) in [5.74, 6) is 0. The predicted octanol–water partition coefficient (Wildman–Crippen LogP) is 7.68. The molecular formula is C26H60N2O. The van der Waals surface area contributed by atoms with Crippen LogP contribution in [0.1, 0.15) is 157 Å². The maximum atomic E-state index is 5.92. The number of hydrogen-bond acceptors (Lipinski definition) is 2. The van der Waals surface area contributed by atoms with E-state index < -0.39 is 0 Å². The highest BCUT2D eigenvalue weighted by Gasteiger charge is 2.09. The van der Waals surface area contributed by atoms with Crippen LogP contribution in [0.25, 0.3) is 0 Å². The molecule has 0 rings (SSSR count). The van der Waals surface area contributed by atoms with Crippen LogP contribution in [0, 0.1) is 0 Å². The van der Waals surface area contributed by atoms with Crippen LogP contribution < -0.4 is 11.5 Å². The van der Waals surface area contributed by atoms with E-state index in [4.69, 9.17) is 11.5 Å². The lowest BCUT2D eigenvalue weighted by Gasteiger charge is -2.17. The second kappa shape index (κ2) is 22.6. The second-order valence-corrected chi connectivity index (χ2v) is 10.4. The molecular weight excluding hydrogens is 356 g/mol. The third-order valence-corrected chi connectivity index (χ3v) is 5.35. The summed E-state index contributed by atoms with van der Waals surface area (Å²) in [6.07, 6.45) is 24.6. The average Bonchev–Trinajstić information content (AvgIpc) is 2.58. The van der Waals surface area contributed by atoms with Crippen molar-refractivity contribution in [3.8, 4) is 0 Å². The minimum Gasteiger partial charge on any atom is -0.412 e. The van der Waals surface area contributed by atoms with Gasteiger partial charge in [0, 0.05) is 11.1 Å². The number of rotatable bonds is 18. The van der Waals surface area contributed by atoms with Gasteiger partial charge < -0.3 is 16.9 Å². The highest BCUT2D eigenvalue weighted by Crippen LogP contribution is 2.14. The summed E-state index contributed by atoms with van der Waals surface area (Å²) in [5, 5.41) is 0. The van der Waals surface area contributed by atoms with Gasteiger partial charge in [-0.05, 0) is 40.5 Å². The summed E-state index contributed by atoms with van der Waals surface area (Å²) < 4.78 is 0. The monoisotopic (exact) mass is 416 g/mol. The van der Waals surface area contributed by atoms with Gasteiger partial charge in [-0.2, -0.15) is 0 Å². The standard InChI is InChI=1S/2C13H29N.H2O/c2*1-4-5-6-7-8-9-10-11-12-13(2,3)14;/h2*4-12,14H2,1-3H3;1H2. The van der Waals surface area contributed by atoms with Gasteiger partial charge >= 0.3 is 0 Å². The quantitative estimate of drug-likeness (QED) is 0.224. The van der Waals surface area contributed by atoms with Crippen molar-refractivity contribution in [3.63, 3.8) is 0 Å². The highest BCUT2D eigenvalue weighted by atomic mass is 16.0. The molecule has 0 saturated carbocycles. The summed E-state index contributed by atoms with van der Waals surface area (Å²) in [4.78, 5) is 0. The van der Waals surface area contributed by atoms with Gasteiger partial charge in [0.2, 0.25) is 0 Å². The molecule has 0 saturated heterocycles. The molecule has 29 heavy (non-hydrogen) atoms. The Balaban J connectivity index is -0.000000451. The van der Waals surface area contributed by atoms with Crippen molar-refractivity contribution in [2.24, 2.45) is 11.5 Å². The van der Waals surface area contributed by atoms with Crippen molar-refractivity contribution in [3.05, 3.63) is 0 Å². The molecule has 0 aromatic rings. The lowest BCUT2D eigenvalue weighted by Crippen LogP contribution is -2.31. The first-order valence-electron chi connectivity index (χ1n) is 12.7. The summed E-state index contributed by atoms with van der Waals surface area (Å²) in [5.41, 5.74) is 11.9. The highest BCUT2D eigenvalue weighted by molar-refractivity contribution is 4.71. The van der Waals surface area contributed by atoms with E-state index in [1.807, 2.05) is 0 Å². The smallest absolute Gasteiger partial charge is 0.00970 e. The maximum Gasteiger partial charge on any atom is 0.00970 e. The molecule has 0 aromatic carbocycles. The fraction of sp³-hybridized carbons (Fsp3) is 1.00. The van der Waals surface area contributed by atoms with E-state index in [1.165, 1.54) is 116 Å². The van der Waals surface area contributed by atoms with Crippen LogP contribution in [0.2, 0.25) is 0 Å². The molecule has 3 heteroatoms. The van der Waals surface area contributed by atoms with Crippen molar-refractivity contribution < 1.29 is 5.48 Å². The van der Waals surface area contributed by atoms with Crippen LogP contribution in [-0.2, 0) is 0 Å². The molecule has 0 fully saturated rings. The molecule has 0 amide bonds. The number of unbranched alkanes of at least 4 members (excludes halogenated alkanes) is 14. The van der Waals surface area contributed by atoms with Gasteiger partial charge in [0.1, 0.15) is 0 Å². The zero-order chi connectivity index (χ0) is 21.7. The third-order valence-electron chi connectivity index (χ3n) is 5.35. The Labute approximate surface area is 185 Å². The van der Waals surface area contributed by atoms with Gasteiger partial charge in [-0.1, -0.05) is 117 Å². The van der Waals surface area contributed by atoms with Crippen molar-refractivity contribution >= 4 is 0 Å². The first-order valence-corrected chi connectivity index (χ1v) is 12.7. The van der Waals surface area contributed by atoms with E-state index in [2.05, 4.69) is 41.5 Å². The second-order valence-electron chi connectivity index (χ2n) is 10.4. The average molecular weight is 417 g/mol. The molecule has 0 unspecified atom stereocenters. The van der Waals surface area contributed by atoms with Gasteiger partial charge in [-0.25, -0.2) is 0 Å². The molecule has 0 bridgehead atoms. The van der Waals surface area contributed by atoms with Crippen LogP contribution in [0.5, 0.6) is 0 Å². The zero-order valence-electron chi connectivity index (χ0n) is 21.4. The lowest BCUT2D eigenvalue weighted by atomic mass is 9.97. The van der Waals surface area contributed by atoms with Crippen molar-refractivity contribution in [2.45, 2.75) is 168 Å². The van der Waals surface area contributed by atoms with Crippen molar-refractivity contribution in [2.75, 3.05) is 0 Å². The Bertz CT molecular complexity index is 262. The van der Waals surface area contributed by atoms with E-state index in [1.54, 1.807) is 0 Å². The van der Waals surface area contributed by atoms with Gasteiger partial charge in [-0.15, -0.1) is 0 Å². The van der Waals surface area contributed by atoms with Crippen LogP contribution in [0.15, 0.2) is 0 Å². The van der Waals surface area contributed by atoms with E-state index in [9.17, 15) is 0 Å². The molecule has 0 radical (unpaired) electrons. The Morgan fingerprint density at radius 1 is 0.414 bits per heavy atom. The largest absolute Gasteiger partial charge is 0.412 e. The molecule has 3 nitrogen and oxygen atoms in total. The maximum absolute atomic E-state index is 5.92. The molecule has 0 aliphatic rings. The van der Waals surface area contributed by atoms with Gasteiger partial charge in [0.05, 0.1) is 0 Å². The molecule has 180 valence electrons. The minimum absolute atomic E-state index is 0. The Morgan fingerprint density at radius 2 is 0.621 bits per heavy atom. The molecule has 0 aliphatic carbocycles. The molecule has 0 atom stereocenters. The molecule has 6 N–H and O–H groups in total. The first kappa shape index (κ1) is 33.5. The molecule has 0 spiro atoms. The van der Waals surface area contributed by atoms with Crippen LogP contribution >= 0.6 is 0 Å². The van der Waals surface area contributed by atoms with Crippen molar-refractivity contribution in [1.29, 1.82) is 0 Å². The van der Waals surface area contributed by atoms with Gasteiger partial charge in [-0.3, -0.25) is 0 Å². The number of nitrogens with two attached hydrogens (primary N) is 2. The molecule has 0 aliphatic heterocycles. The van der Waals surface area contributed by atoms with Crippen LogP contribution in [0.4, 0.5) is 0 Å². The Morgan fingerprint density at radius 3 is 0.828 bits per heavy atom. The summed E-state index contributed by atoms with van der Waals surface area (Å²) >= 11 is 0. The van der Waals surface area contributed by atoms with E-state index in [-0.39, 0.29) is 16.6 Å². The van der Waals surface area contributed by atoms with Gasteiger partial charge in [0.25, 0.3) is 0 Å². The van der Waals surface area contributed by atoms with Crippen LogP contribution in [-0.4, -0.2) is 16.6 Å². The van der Waals surface area contributed by atoms with E-state index in [0.29, 0.717) is 0 Å². The van der Waals surface area contributed by atoms with Crippen LogP contribution in [0.3, 0.4) is 0 Å². The lowest BCUT2D eigenvalue weighted by molar-refractivity contribution is 0.440. The topological polar surface area (TPSA) is 83.5 Å². The fourth-order valence-corrected chi connectivity index (χ4v) is 3.43. The summed E-state index contributed by atoms with van der Waals surface area (Å²) in [6, 6.07) is 0. The number of hydrogen-bond donors (Lipinski definition) is 2. The summed E-state index contributed by atoms with van der Waals surface area (Å²) in [6.45, 7) is 13.0. The summed E-state index contributed by atoms with van der Waals surface area (Å²) in [7, 11) is 0. The predicted molar refractivity (Wildman–Crippen MR) is 135 cm³/mol. The molecule has 0 heterocycles. The Kier molecular flexibility index (Phi) is 26.1. The first-order chi connectivity index (χ1) is 13.1. The normalized spacial score (nSPS) is 11.6. The zero-order valence-corrected chi connectivity index (χ0v) is 21.4. The van der Waals surface area contributed by atoms with Gasteiger partial charge in [0.15, 0.2) is 0 Å². The van der Waals surface area contributed by atoms with Crippen molar-refractivity contribution in [1.82, 2.24) is 0 Å².